The van der Waals surface area contributed by atoms with Gasteiger partial charge in [0.1, 0.15) is 0 Å². The monoisotopic (exact) mass is 226 g/mol. The molecule has 1 unspecified atom stereocenters. The molecular formula is C13H26N2O. The molecule has 1 rings (SSSR count). The number of nitrogens with one attached hydrogen (secondary N) is 1. The van der Waals surface area contributed by atoms with E-state index in [9.17, 15) is 4.79 Å². The van der Waals surface area contributed by atoms with Gasteiger partial charge >= 0.3 is 0 Å². The topological polar surface area (TPSA) is 32.3 Å². The lowest BCUT2D eigenvalue weighted by Gasteiger charge is -2.38. The molecule has 16 heavy (non-hydrogen) atoms. The first-order valence-corrected chi connectivity index (χ1v) is 6.48. The normalized spacial score (nSPS) is 25.8. The zero-order valence-electron chi connectivity index (χ0n) is 11.2. The molecule has 0 bridgehead atoms. The van der Waals surface area contributed by atoms with Gasteiger partial charge in [0.15, 0.2) is 0 Å². The molecule has 1 aliphatic heterocycles. The van der Waals surface area contributed by atoms with Crippen LogP contribution in [0.5, 0.6) is 0 Å². The SMILES string of the molecule is CCC1(C(=O)N(C)CC(C)C)CCCNC1. The molecule has 0 aliphatic carbocycles. The number of hydrogen-bond donors (Lipinski definition) is 1. The number of piperidine rings is 1. The molecule has 0 aromatic heterocycles. The average molecular weight is 226 g/mol. The van der Waals surface area contributed by atoms with Crippen LogP contribution in [0, 0.1) is 11.3 Å². The van der Waals surface area contributed by atoms with Gasteiger partial charge in [-0.3, -0.25) is 4.79 Å². The third-order valence-corrected chi connectivity index (χ3v) is 3.59. The highest BCUT2D eigenvalue weighted by Crippen LogP contribution is 2.32. The standard InChI is InChI=1S/C13H26N2O/c1-5-13(7-6-8-14-10-13)12(16)15(4)9-11(2)3/h11,14H,5-10H2,1-4H3. The number of carbonyl (C=O) groups is 1. The summed E-state index contributed by atoms with van der Waals surface area (Å²) in [5, 5.41) is 3.37. The highest BCUT2D eigenvalue weighted by molar-refractivity contribution is 5.82. The van der Waals surface area contributed by atoms with E-state index in [0.29, 0.717) is 11.8 Å². The molecule has 1 saturated heterocycles. The first kappa shape index (κ1) is 13.5. The molecule has 94 valence electrons. The van der Waals surface area contributed by atoms with Crippen molar-refractivity contribution < 1.29 is 4.79 Å². The average Bonchev–Trinajstić information content (AvgIpc) is 2.28. The van der Waals surface area contributed by atoms with E-state index in [4.69, 9.17) is 0 Å². The first-order valence-electron chi connectivity index (χ1n) is 6.48. The van der Waals surface area contributed by atoms with Crippen LogP contribution in [0.3, 0.4) is 0 Å². The van der Waals surface area contributed by atoms with Crippen LogP contribution >= 0.6 is 0 Å². The molecule has 1 heterocycles. The van der Waals surface area contributed by atoms with E-state index in [-0.39, 0.29) is 5.41 Å². The van der Waals surface area contributed by atoms with E-state index < -0.39 is 0 Å². The van der Waals surface area contributed by atoms with Crippen LogP contribution in [0.15, 0.2) is 0 Å². The van der Waals surface area contributed by atoms with E-state index in [1.54, 1.807) is 0 Å². The molecule has 0 saturated carbocycles. The molecule has 1 N–H and O–H groups in total. The summed E-state index contributed by atoms with van der Waals surface area (Å²) in [5.74, 6) is 0.871. The molecular weight excluding hydrogens is 200 g/mol. The van der Waals surface area contributed by atoms with Crippen molar-refractivity contribution in [1.82, 2.24) is 10.2 Å². The van der Waals surface area contributed by atoms with Crippen molar-refractivity contribution in [3.05, 3.63) is 0 Å². The van der Waals surface area contributed by atoms with Gasteiger partial charge in [-0.1, -0.05) is 20.8 Å². The van der Waals surface area contributed by atoms with Crippen molar-refractivity contribution in [3.63, 3.8) is 0 Å². The Morgan fingerprint density at radius 2 is 2.19 bits per heavy atom. The zero-order valence-corrected chi connectivity index (χ0v) is 11.2. The minimum Gasteiger partial charge on any atom is -0.345 e. The minimum atomic E-state index is -0.137. The van der Waals surface area contributed by atoms with E-state index >= 15 is 0 Å². The van der Waals surface area contributed by atoms with Gasteiger partial charge in [0.25, 0.3) is 0 Å². The first-order chi connectivity index (χ1) is 7.52. The summed E-state index contributed by atoms with van der Waals surface area (Å²) >= 11 is 0. The van der Waals surface area contributed by atoms with Gasteiger partial charge in [-0.25, -0.2) is 0 Å². The lowest BCUT2D eigenvalue weighted by atomic mass is 9.77. The van der Waals surface area contributed by atoms with Crippen LogP contribution in [-0.2, 0) is 4.79 Å². The molecule has 3 nitrogen and oxygen atoms in total. The predicted molar refractivity (Wildman–Crippen MR) is 67.3 cm³/mol. The summed E-state index contributed by atoms with van der Waals surface area (Å²) in [6.45, 7) is 9.21. The second-order valence-electron chi connectivity index (χ2n) is 5.49. The maximum atomic E-state index is 12.5. The van der Waals surface area contributed by atoms with Gasteiger partial charge in [0.2, 0.25) is 5.91 Å². The Morgan fingerprint density at radius 1 is 1.50 bits per heavy atom. The molecule has 1 amide bonds. The van der Waals surface area contributed by atoms with E-state index in [0.717, 1.165) is 38.9 Å². The largest absolute Gasteiger partial charge is 0.345 e. The second kappa shape index (κ2) is 5.67. The second-order valence-corrected chi connectivity index (χ2v) is 5.49. The summed E-state index contributed by atoms with van der Waals surface area (Å²) in [7, 11) is 1.94. The molecule has 0 spiro atoms. The van der Waals surface area contributed by atoms with Crippen LogP contribution in [0.2, 0.25) is 0 Å². The maximum Gasteiger partial charge on any atom is 0.229 e. The number of carbonyl (C=O) groups excluding carboxylic acids is 1. The van der Waals surface area contributed by atoms with Gasteiger partial charge in [-0.2, -0.15) is 0 Å². The van der Waals surface area contributed by atoms with E-state index in [2.05, 4.69) is 26.1 Å². The summed E-state index contributed by atoms with van der Waals surface area (Å²) in [5.41, 5.74) is -0.137. The molecule has 0 aromatic carbocycles. The van der Waals surface area contributed by atoms with Gasteiger partial charge in [-0.05, 0) is 31.7 Å². The van der Waals surface area contributed by atoms with Crippen molar-refractivity contribution in [2.24, 2.45) is 11.3 Å². The fraction of sp³-hybridized carbons (Fsp3) is 0.923. The van der Waals surface area contributed by atoms with Crippen molar-refractivity contribution in [1.29, 1.82) is 0 Å². The highest BCUT2D eigenvalue weighted by Gasteiger charge is 2.39. The van der Waals surface area contributed by atoms with E-state index in [1.165, 1.54) is 0 Å². The predicted octanol–water partition coefficient (Wildman–Crippen LogP) is 1.88. The van der Waals surface area contributed by atoms with Crippen LogP contribution in [-0.4, -0.2) is 37.5 Å². The van der Waals surface area contributed by atoms with Gasteiger partial charge in [0.05, 0.1) is 5.41 Å². The highest BCUT2D eigenvalue weighted by atomic mass is 16.2. The summed E-state index contributed by atoms with van der Waals surface area (Å²) in [4.78, 5) is 14.4. The van der Waals surface area contributed by atoms with Crippen molar-refractivity contribution in [2.75, 3.05) is 26.7 Å². The fourth-order valence-corrected chi connectivity index (χ4v) is 2.64. The third kappa shape index (κ3) is 2.97. The van der Waals surface area contributed by atoms with Gasteiger partial charge in [0, 0.05) is 20.1 Å². The fourth-order valence-electron chi connectivity index (χ4n) is 2.64. The van der Waals surface area contributed by atoms with Crippen LogP contribution in [0.1, 0.15) is 40.0 Å². The lowest BCUT2D eigenvalue weighted by molar-refractivity contribution is -0.142. The van der Waals surface area contributed by atoms with Crippen molar-refractivity contribution in [3.8, 4) is 0 Å². The summed E-state index contributed by atoms with van der Waals surface area (Å²) < 4.78 is 0. The minimum absolute atomic E-state index is 0.137. The number of nitrogens with zero attached hydrogens (tertiary/aromatic N) is 1. The lowest BCUT2D eigenvalue weighted by Crippen LogP contribution is -2.51. The molecule has 1 aliphatic rings. The molecule has 0 radical (unpaired) electrons. The Hall–Kier alpha value is -0.570. The number of amides is 1. The molecule has 1 atom stereocenters. The molecule has 3 heteroatoms. The van der Waals surface area contributed by atoms with Gasteiger partial charge in [-0.15, -0.1) is 0 Å². The molecule has 1 fully saturated rings. The van der Waals surface area contributed by atoms with Crippen LogP contribution in [0.4, 0.5) is 0 Å². The van der Waals surface area contributed by atoms with E-state index in [1.807, 2.05) is 11.9 Å². The van der Waals surface area contributed by atoms with Crippen molar-refractivity contribution in [2.45, 2.75) is 40.0 Å². The zero-order chi connectivity index (χ0) is 12.2. The summed E-state index contributed by atoms with van der Waals surface area (Å²) in [6, 6.07) is 0. The Morgan fingerprint density at radius 3 is 2.62 bits per heavy atom. The Kier molecular flexibility index (Phi) is 4.78. The number of rotatable bonds is 4. The smallest absolute Gasteiger partial charge is 0.229 e. The van der Waals surface area contributed by atoms with Crippen molar-refractivity contribution >= 4 is 5.91 Å². The quantitative estimate of drug-likeness (QED) is 0.794. The van der Waals surface area contributed by atoms with Gasteiger partial charge < -0.3 is 10.2 Å². The van der Waals surface area contributed by atoms with Crippen LogP contribution in [0.25, 0.3) is 0 Å². The Balaban J connectivity index is 2.67. The molecule has 0 aromatic rings. The third-order valence-electron chi connectivity index (χ3n) is 3.59. The number of hydrogen-bond acceptors (Lipinski definition) is 2. The maximum absolute atomic E-state index is 12.5. The van der Waals surface area contributed by atoms with Crippen LogP contribution < -0.4 is 5.32 Å². The Bertz CT molecular complexity index is 232. The summed E-state index contributed by atoms with van der Waals surface area (Å²) in [6.07, 6.45) is 3.11. The Labute approximate surface area is 99.6 Å².